The molecular formula is C26H18ClF3N2O8. The number of amides is 2. The van der Waals surface area contributed by atoms with Gasteiger partial charge in [-0.1, -0.05) is 29.8 Å². The molecule has 40 heavy (non-hydrogen) atoms. The van der Waals surface area contributed by atoms with Crippen LogP contribution >= 0.6 is 11.6 Å². The number of halogens is 4. The van der Waals surface area contributed by atoms with Crippen LogP contribution in [0.2, 0.25) is 5.02 Å². The minimum atomic E-state index is -5.08. The first-order valence-electron chi connectivity index (χ1n) is 11.2. The Morgan fingerprint density at radius 1 is 1.10 bits per heavy atom. The normalized spacial score (nSPS) is 11.4. The molecule has 0 atom stereocenters. The largest absolute Gasteiger partial charge is 0.506 e. The van der Waals surface area contributed by atoms with E-state index in [0.717, 1.165) is 24.1 Å². The van der Waals surface area contributed by atoms with E-state index in [9.17, 15) is 37.5 Å². The Labute approximate surface area is 227 Å². The van der Waals surface area contributed by atoms with Crippen molar-refractivity contribution in [3.63, 3.8) is 0 Å². The second-order valence-corrected chi connectivity index (χ2v) is 8.80. The lowest BCUT2D eigenvalue weighted by Crippen LogP contribution is -2.29. The summed E-state index contributed by atoms with van der Waals surface area (Å²) in [6, 6.07) is 8.87. The van der Waals surface area contributed by atoms with Crippen LogP contribution in [0.4, 0.5) is 23.7 Å². The van der Waals surface area contributed by atoms with Crippen LogP contribution in [-0.4, -0.2) is 37.2 Å². The number of methoxy groups -OCH3 is 1. The molecule has 0 saturated carbocycles. The average molecular weight is 579 g/mol. The van der Waals surface area contributed by atoms with Gasteiger partial charge in [0.2, 0.25) is 0 Å². The van der Waals surface area contributed by atoms with Crippen LogP contribution in [-0.2, 0) is 22.1 Å². The highest BCUT2D eigenvalue weighted by molar-refractivity contribution is 6.33. The number of nitrogens with two attached hydrogens (primary N) is 1. The zero-order valence-electron chi connectivity index (χ0n) is 20.6. The van der Waals surface area contributed by atoms with Crippen LogP contribution in [0, 0.1) is 0 Å². The van der Waals surface area contributed by atoms with Gasteiger partial charge in [0.1, 0.15) is 11.3 Å². The number of rotatable bonds is 5. The predicted molar refractivity (Wildman–Crippen MR) is 137 cm³/mol. The molecule has 1 heterocycles. The van der Waals surface area contributed by atoms with Crippen molar-refractivity contribution >= 4 is 57.0 Å². The lowest BCUT2D eigenvalue weighted by molar-refractivity contribution is -0.141. The molecule has 1 aromatic heterocycles. The van der Waals surface area contributed by atoms with Gasteiger partial charge in [0, 0.05) is 29.3 Å². The highest BCUT2D eigenvalue weighted by atomic mass is 35.5. The Kier molecular flexibility index (Phi) is 7.35. The molecule has 0 bridgehead atoms. The van der Waals surface area contributed by atoms with E-state index in [2.05, 4.69) is 4.74 Å². The number of aromatic hydroxyl groups is 1. The molecule has 3 N–H and O–H groups in total. The fourth-order valence-electron chi connectivity index (χ4n) is 4.10. The summed E-state index contributed by atoms with van der Waals surface area (Å²) in [4.78, 5) is 49.6. The van der Waals surface area contributed by atoms with Crippen LogP contribution in [0.3, 0.4) is 0 Å². The average Bonchev–Trinajstić information content (AvgIpc) is 2.88. The zero-order valence-corrected chi connectivity index (χ0v) is 21.3. The van der Waals surface area contributed by atoms with Gasteiger partial charge in [0.05, 0.1) is 40.9 Å². The number of carbonyl (C=O) groups is 3. The molecule has 0 unspecified atom stereocenters. The number of primary amides is 1. The summed E-state index contributed by atoms with van der Waals surface area (Å²) < 4.78 is 56.6. The zero-order chi connectivity index (χ0) is 29.5. The molecule has 0 aliphatic rings. The van der Waals surface area contributed by atoms with Gasteiger partial charge in [-0.25, -0.2) is 9.59 Å². The molecule has 0 spiro atoms. The summed E-state index contributed by atoms with van der Waals surface area (Å²) >= 11 is 6.16. The number of phenols is 1. The van der Waals surface area contributed by atoms with Gasteiger partial charge in [-0.3, -0.25) is 14.5 Å². The smallest absolute Gasteiger partial charge is 0.419 e. The quantitative estimate of drug-likeness (QED) is 0.254. The predicted octanol–water partition coefficient (Wildman–Crippen LogP) is 4.77. The number of hydrogen-bond acceptors (Lipinski definition) is 8. The first-order chi connectivity index (χ1) is 18.7. The van der Waals surface area contributed by atoms with E-state index in [1.165, 1.54) is 37.4 Å². The van der Waals surface area contributed by atoms with Gasteiger partial charge < -0.3 is 24.7 Å². The third kappa shape index (κ3) is 5.10. The number of carbonyl (C=O) groups excluding carboxylic acids is 3. The van der Waals surface area contributed by atoms with Crippen LogP contribution < -0.4 is 21.0 Å². The molecular weight excluding hydrogens is 561 g/mol. The van der Waals surface area contributed by atoms with Crippen molar-refractivity contribution < 1.29 is 46.6 Å². The lowest BCUT2D eigenvalue weighted by atomic mass is 10.0. The number of alkyl halides is 3. The summed E-state index contributed by atoms with van der Waals surface area (Å²) in [6.07, 6.45) is -7.12. The number of benzene rings is 3. The van der Waals surface area contributed by atoms with Crippen LogP contribution in [0.25, 0.3) is 21.7 Å². The maximum atomic E-state index is 14.0. The minimum Gasteiger partial charge on any atom is -0.506 e. The number of hydrogen-bond donors (Lipinski definition) is 2. The van der Waals surface area contributed by atoms with Gasteiger partial charge in [-0.2, -0.15) is 13.2 Å². The maximum Gasteiger partial charge on any atom is 0.419 e. The van der Waals surface area contributed by atoms with E-state index in [4.69, 9.17) is 26.5 Å². The van der Waals surface area contributed by atoms with Crippen LogP contribution in [0.5, 0.6) is 11.5 Å². The molecule has 0 radical (unpaired) electrons. The van der Waals surface area contributed by atoms with E-state index in [0.29, 0.717) is 5.39 Å². The molecule has 4 aromatic rings. The molecule has 10 nitrogen and oxygen atoms in total. The Morgan fingerprint density at radius 3 is 2.42 bits per heavy atom. The summed E-state index contributed by atoms with van der Waals surface area (Å²) in [5.74, 6) is -2.78. The molecule has 0 saturated heterocycles. The molecule has 14 heteroatoms. The standard InChI is InChI=1S/C26H18ClF3N2O8/c1-32(17-5-3-4-12-11(17)6-7-13(22(12)34)23(31)35)25(37)40-19-10-18-14(8-16(19)27)21(26(28,29)30)15(24(36)39-18)9-20(33)38-2/h3-8,10,34H,9H2,1-2H3,(H2,31,35). The van der Waals surface area contributed by atoms with Crippen molar-refractivity contribution in [2.75, 3.05) is 19.1 Å². The van der Waals surface area contributed by atoms with E-state index in [1.54, 1.807) is 0 Å². The highest BCUT2D eigenvalue weighted by Gasteiger charge is 2.39. The van der Waals surface area contributed by atoms with Crippen molar-refractivity contribution in [1.29, 1.82) is 0 Å². The van der Waals surface area contributed by atoms with Gasteiger partial charge in [-0.15, -0.1) is 0 Å². The molecule has 0 aliphatic heterocycles. The molecule has 0 fully saturated rings. The first-order valence-corrected chi connectivity index (χ1v) is 11.6. The molecule has 4 rings (SSSR count). The molecule has 2 amide bonds. The van der Waals surface area contributed by atoms with Crippen molar-refractivity contribution in [1.82, 2.24) is 0 Å². The number of ether oxygens (including phenoxy) is 2. The number of nitrogens with zero attached hydrogens (tertiary/aromatic N) is 1. The monoisotopic (exact) mass is 578 g/mol. The number of anilines is 1. The fourth-order valence-corrected chi connectivity index (χ4v) is 4.30. The van der Waals surface area contributed by atoms with Gasteiger partial charge in [-0.05, 0) is 18.2 Å². The summed E-state index contributed by atoms with van der Waals surface area (Å²) in [5, 5.41) is 9.91. The maximum absolute atomic E-state index is 14.0. The highest BCUT2D eigenvalue weighted by Crippen LogP contribution is 2.40. The number of esters is 1. The fraction of sp³-hybridized carbons (Fsp3) is 0.154. The SMILES string of the molecule is COC(=O)Cc1c(C(F)(F)F)c2cc(Cl)c(OC(=O)N(C)c3cccc4c(O)c(C(N)=O)ccc34)cc2oc1=O. The van der Waals surface area contributed by atoms with Crippen molar-refractivity contribution in [2.24, 2.45) is 5.73 Å². The Balaban J connectivity index is 1.75. The lowest BCUT2D eigenvalue weighted by Gasteiger charge is -2.20. The van der Waals surface area contributed by atoms with Crippen molar-refractivity contribution in [3.05, 3.63) is 74.6 Å². The van der Waals surface area contributed by atoms with E-state index in [1.807, 2.05) is 0 Å². The molecule has 208 valence electrons. The minimum absolute atomic E-state index is 0.132. The third-order valence-electron chi connectivity index (χ3n) is 5.99. The first kappa shape index (κ1) is 28.2. The van der Waals surface area contributed by atoms with Gasteiger partial charge in [0.15, 0.2) is 5.75 Å². The second kappa shape index (κ2) is 10.4. The Hall–Kier alpha value is -4.78. The van der Waals surface area contributed by atoms with Crippen LogP contribution in [0.1, 0.15) is 21.5 Å². The second-order valence-electron chi connectivity index (χ2n) is 8.40. The van der Waals surface area contributed by atoms with E-state index >= 15 is 0 Å². The van der Waals surface area contributed by atoms with Gasteiger partial charge in [0.25, 0.3) is 5.91 Å². The van der Waals surface area contributed by atoms with E-state index in [-0.39, 0.29) is 16.6 Å². The molecule has 3 aromatic carbocycles. The van der Waals surface area contributed by atoms with E-state index < -0.39 is 74.8 Å². The van der Waals surface area contributed by atoms with Gasteiger partial charge >= 0.3 is 23.9 Å². The Morgan fingerprint density at radius 2 is 1.80 bits per heavy atom. The topological polar surface area (TPSA) is 149 Å². The summed E-state index contributed by atoms with van der Waals surface area (Å²) in [6.45, 7) is 0. The van der Waals surface area contributed by atoms with Crippen molar-refractivity contribution in [3.8, 4) is 11.5 Å². The summed E-state index contributed by atoms with van der Waals surface area (Å²) in [7, 11) is 2.26. The Bertz CT molecular complexity index is 1770. The third-order valence-corrected chi connectivity index (χ3v) is 6.29. The molecule has 0 aliphatic carbocycles. The van der Waals surface area contributed by atoms with Crippen LogP contribution in [0.15, 0.2) is 51.7 Å². The summed E-state index contributed by atoms with van der Waals surface area (Å²) in [5.41, 5.74) is 0.913. The van der Waals surface area contributed by atoms with Crippen molar-refractivity contribution in [2.45, 2.75) is 12.6 Å². The number of fused-ring (bicyclic) bond motifs is 2.